The fourth-order valence-electron chi connectivity index (χ4n) is 4.08. The number of carbonyl (C=O) groups excluding carboxylic acids is 1. The average molecular weight is 435 g/mol. The van der Waals surface area contributed by atoms with E-state index in [2.05, 4.69) is 15.3 Å². The van der Waals surface area contributed by atoms with E-state index in [0.29, 0.717) is 28.7 Å². The first kappa shape index (κ1) is 21.2. The van der Waals surface area contributed by atoms with E-state index in [4.69, 9.17) is 4.74 Å². The van der Waals surface area contributed by atoms with Crippen molar-refractivity contribution >= 4 is 38.1 Å². The number of nitrogens with zero attached hydrogens (tertiary/aromatic N) is 1. The molecule has 2 heterocycles. The average Bonchev–Trinajstić information content (AvgIpc) is 2.92. The molecule has 2 aliphatic carbocycles. The van der Waals surface area contributed by atoms with Crippen LogP contribution in [0.1, 0.15) is 75.4 Å². The molecule has 2 aliphatic rings. The number of carbonyl (C=O) groups is 1. The largest absolute Gasteiger partial charge is 0.444 e. The minimum absolute atomic E-state index is 0.261. The minimum atomic E-state index is -3.18. The van der Waals surface area contributed by atoms with Crippen LogP contribution in [0.15, 0.2) is 5.57 Å². The topological polar surface area (TPSA) is 67.0 Å². The molecule has 1 unspecified atom stereocenters. The molecule has 0 aromatic carbocycles. The maximum absolute atomic E-state index is 14.6. The monoisotopic (exact) mass is 435 g/mol. The lowest BCUT2D eigenvalue weighted by molar-refractivity contribution is 0.0635. The quantitative estimate of drug-likeness (QED) is 0.558. The highest BCUT2D eigenvalue weighted by atomic mass is 31.0. The zero-order valence-corrected chi connectivity index (χ0v) is 18.8. The maximum atomic E-state index is 14.6. The predicted molar refractivity (Wildman–Crippen MR) is 118 cm³/mol. The van der Waals surface area contributed by atoms with Crippen molar-refractivity contribution in [3.8, 4) is 0 Å². The molecule has 30 heavy (non-hydrogen) atoms. The van der Waals surface area contributed by atoms with Gasteiger partial charge in [0, 0.05) is 16.6 Å². The molecule has 0 saturated heterocycles. The van der Waals surface area contributed by atoms with Crippen LogP contribution in [0, 0.1) is 0 Å². The molecule has 1 fully saturated rings. The fourth-order valence-corrected chi connectivity index (χ4v) is 4.29. The summed E-state index contributed by atoms with van der Waals surface area (Å²) in [5, 5.41) is 3.14. The number of ether oxygens (including phenoxy) is 1. The minimum Gasteiger partial charge on any atom is -0.444 e. The van der Waals surface area contributed by atoms with Crippen LogP contribution in [0.25, 0.3) is 17.0 Å². The van der Waals surface area contributed by atoms with Crippen molar-refractivity contribution in [1.82, 2.24) is 9.97 Å². The Balaban J connectivity index is 1.92. The normalized spacial score (nSPS) is 16.8. The van der Waals surface area contributed by atoms with Gasteiger partial charge in [-0.2, -0.15) is 8.78 Å². The van der Waals surface area contributed by atoms with Crippen LogP contribution >= 0.6 is 9.24 Å². The van der Waals surface area contributed by atoms with Crippen LogP contribution in [0.5, 0.6) is 0 Å². The van der Waals surface area contributed by atoms with E-state index in [0.717, 1.165) is 49.8 Å². The van der Waals surface area contributed by atoms with E-state index in [1.165, 1.54) is 5.57 Å². The number of fused-ring (bicyclic) bond motifs is 3. The lowest BCUT2D eigenvalue weighted by Crippen LogP contribution is -2.27. The number of allylic oxidation sites excluding steroid dienone is 1. The number of anilines is 1. The third-order valence-corrected chi connectivity index (χ3v) is 5.82. The highest BCUT2D eigenvalue weighted by Crippen LogP contribution is 2.45. The number of nitrogens with one attached hydrogen (secondary N) is 2. The molecule has 1 saturated carbocycles. The van der Waals surface area contributed by atoms with Gasteiger partial charge in [0.2, 0.25) is 0 Å². The maximum Gasteiger partial charge on any atom is 0.413 e. The third kappa shape index (κ3) is 4.22. The molecule has 1 amide bonds. The Labute approximate surface area is 177 Å². The standard InChI is InChI=1S/C22H28F2N3O2P/c1-21(2,3)29-20(28)27-19-14(11-12-7-6-8-12)16-17(26-19)13-9-4-5-10-15(13)25-18(16)22(23,24)30/h11,26H,4-10,30H2,1-3H3,(H,27,28). The van der Waals surface area contributed by atoms with Crippen LogP contribution in [0.4, 0.5) is 19.4 Å². The molecule has 0 bridgehead atoms. The molecule has 2 aromatic heterocycles. The molecular weight excluding hydrogens is 407 g/mol. The molecule has 8 heteroatoms. The van der Waals surface area contributed by atoms with E-state index < -0.39 is 17.4 Å². The summed E-state index contributed by atoms with van der Waals surface area (Å²) in [7, 11) is 1.61. The molecule has 162 valence electrons. The highest BCUT2D eigenvalue weighted by molar-refractivity contribution is 7.17. The molecule has 1 atom stereocenters. The lowest BCUT2D eigenvalue weighted by Gasteiger charge is -2.21. The van der Waals surface area contributed by atoms with Gasteiger partial charge in [0.15, 0.2) is 0 Å². The summed E-state index contributed by atoms with van der Waals surface area (Å²) in [5.74, 6) is 0.384. The first-order valence-corrected chi connectivity index (χ1v) is 11.0. The Morgan fingerprint density at radius 1 is 1.17 bits per heavy atom. The molecule has 5 nitrogen and oxygen atoms in total. The highest BCUT2D eigenvalue weighted by Gasteiger charge is 2.34. The molecular formula is C22H28F2N3O2P. The zero-order chi connectivity index (χ0) is 21.7. The number of rotatable bonds is 3. The van der Waals surface area contributed by atoms with E-state index in [9.17, 15) is 13.6 Å². The van der Waals surface area contributed by atoms with Gasteiger partial charge in [-0.3, -0.25) is 10.3 Å². The van der Waals surface area contributed by atoms with Gasteiger partial charge in [0.05, 0.1) is 5.52 Å². The summed E-state index contributed by atoms with van der Waals surface area (Å²) in [6, 6.07) is 0. The number of halogens is 2. The Hall–Kier alpha value is -2.01. The second-order valence-corrected chi connectivity index (χ2v) is 9.89. The summed E-state index contributed by atoms with van der Waals surface area (Å²) in [5.41, 5.74) is -0.0252. The van der Waals surface area contributed by atoms with Crippen molar-refractivity contribution in [3.63, 3.8) is 0 Å². The van der Waals surface area contributed by atoms with Gasteiger partial charge in [0.1, 0.15) is 17.1 Å². The summed E-state index contributed by atoms with van der Waals surface area (Å²) >= 11 is 0. The van der Waals surface area contributed by atoms with Crippen molar-refractivity contribution in [3.05, 3.63) is 28.1 Å². The van der Waals surface area contributed by atoms with Crippen LogP contribution in [-0.4, -0.2) is 21.7 Å². The predicted octanol–water partition coefficient (Wildman–Crippen LogP) is 6.28. The van der Waals surface area contributed by atoms with Crippen molar-refractivity contribution in [2.45, 2.75) is 77.0 Å². The van der Waals surface area contributed by atoms with E-state index in [-0.39, 0.29) is 5.69 Å². The first-order valence-electron chi connectivity index (χ1n) is 10.5. The van der Waals surface area contributed by atoms with Crippen LogP contribution in [-0.2, 0) is 23.2 Å². The SMILES string of the molecule is CC(C)(C)OC(=O)Nc1[nH]c2c3c(nc(C(F)(F)P)c2c1C=C1CCC1)CCCC3. The lowest BCUT2D eigenvalue weighted by atomic mass is 9.89. The number of H-pyrrole nitrogens is 1. The van der Waals surface area contributed by atoms with Crippen molar-refractivity contribution in [2.75, 3.05) is 5.32 Å². The zero-order valence-electron chi connectivity index (χ0n) is 17.6. The number of aromatic amines is 1. The number of alkyl halides is 2. The molecule has 2 N–H and O–H groups in total. The van der Waals surface area contributed by atoms with Crippen molar-refractivity contribution in [1.29, 1.82) is 0 Å². The Bertz CT molecular complexity index is 1030. The van der Waals surface area contributed by atoms with E-state index >= 15 is 0 Å². The number of hydrogen-bond donors (Lipinski definition) is 2. The Morgan fingerprint density at radius 2 is 1.87 bits per heavy atom. The molecule has 0 aliphatic heterocycles. The second kappa shape index (κ2) is 7.60. The summed E-state index contributed by atoms with van der Waals surface area (Å²) in [6.07, 6.45) is 7.65. The van der Waals surface area contributed by atoms with E-state index in [1.807, 2.05) is 6.08 Å². The number of pyridine rings is 1. The summed E-state index contributed by atoms with van der Waals surface area (Å²) in [6.45, 7) is 5.34. The van der Waals surface area contributed by atoms with Gasteiger partial charge in [-0.05, 0) is 71.3 Å². The Morgan fingerprint density at radius 3 is 2.47 bits per heavy atom. The second-order valence-electron chi connectivity index (χ2n) is 9.16. The number of aromatic nitrogens is 2. The van der Waals surface area contributed by atoms with Crippen LogP contribution in [0.3, 0.4) is 0 Å². The number of aryl methyl sites for hydroxylation is 2. The smallest absolute Gasteiger partial charge is 0.413 e. The molecule has 4 rings (SSSR count). The molecule has 2 aromatic rings. The fraction of sp³-hybridized carbons (Fsp3) is 0.545. The summed E-state index contributed by atoms with van der Waals surface area (Å²) in [4.78, 5) is 20.1. The number of hydrogen-bond acceptors (Lipinski definition) is 3. The Kier molecular flexibility index (Phi) is 5.38. The first-order chi connectivity index (χ1) is 14.0. The van der Waals surface area contributed by atoms with Crippen LogP contribution < -0.4 is 5.32 Å². The van der Waals surface area contributed by atoms with Gasteiger partial charge in [0.25, 0.3) is 0 Å². The van der Waals surface area contributed by atoms with Crippen LogP contribution in [0.2, 0.25) is 0 Å². The van der Waals surface area contributed by atoms with Crippen molar-refractivity contribution < 1.29 is 18.3 Å². The van der Waals surface area contributed by atoms with Gasteiger partial charge in [-0.15, -0.1) is 0 Å². The molecule has 0 spiro atoms. The molecule has 0 radical (unpaired) electrons. The van der Waals surface area contributed by atoms with Gasteiger partial charge < -0.3 is 9.72 Å². The van der Waals surface area contributed by atoms with Gasteiger partial charge >= 0.3 is 11.8 Å². The van der Waals surface area contributed by atoms with Gasteiger partial charge in [-0.1, -0.05) is 20.9 Å². The van der Waals surface area contributed by atoms with Gasteiger partial charge in [-0.25, -0.2) is 4.79 Å². The number of amides is 1. The third-order valence-electron chi connectivity index (χ3n) is 5.55. The summed E-state index contributed by atoms with van der Waals surface area (Å²) < 4.78 is 34.6. The van der Waals surface area contributed by atoms with Crippen molar-refractivity contribution in [2.24, 2.45) is 0 Å². The van der Waals surface area contributed by atoms with E-state index in [1.54, 1.807) is 30.0 Å².